The average Bonchev–Trinajstić information content (AvgIpc) is 2.25. The summed E-state index contributed by atoms with van der Waals surface area (Å²) in [6, 6.07) is 3.79. The summed E-state index contributed by atoms with van der Waals surface area (Å²) in [4.78, 5) is 22.9. The second-order valence-electron chi connectivity index (χ2n) is 5.37. The molecule has 1 rings (SSSR count). The smallest absolute Gasteiger partial charge is 0.335 e. The first-order valence-corrected chi connectivity index (χ1v) is 6.51. The van der Waals surface area contributed by atoms with Gasteiger partial charge in [-0.3, -0.25) is 4.79 Å². The molecule has 0 aliphatic heterocycles. The third-order valence-electron chi connectivity index (χ3n) is 2.63. The molecule has 0 aromatic heterocycles. The Kier molecular flexibility index (Phi) is 4.70. The number of carbonyl (C=O) groups is 2. The van der Waals surface area contributed by atoms with Gasteiger partial charge in [0, 0.05) is 10.2 Å². The molecule has 4 N–H and O–H groups in total. The van der Waals surface area contributed by atoms with Gasteiger partial charge in [0.05, 0.1) is 11.6 Å². The summed E-state index contributed by atoms with van der Waals surface area (Å²) in [7, 11) is 0. The number of halogens is 1. The number of amides is 1. The van der Waals surface area contributed by atoms with Crippen LogP contribution >= 0.6 is 15.9 Å². The van der Waals surface area contributed by atoms with Crippen molar-refractivity contribution in [1.82, 2.24) is 0 Å². The van der Waals surface area contributed by atoms with Crippen LogP contribution in [0.4, 0.5) is 5.69 Å². The predicted octanol–water partition coefficient (Wildman–Crippen LogP) is 2.46. The van der Waals surface area contributed by atoms with Crippen molar-refractivity contribution in [1.29, 1.82) is 0 Å². The Bertz CT molecular complexity index is 509. The number of nitrogens with one attached hydrogen (secondary N) is 1. The van der Waals surface area contributed by atoms with Crippen molar-refractivity contribution in [2.75, 3.05) is 5.32 Å². The average molecular weight is 329 g/mol. The first kappa shape index (κ1) is 15.7. The third-order valence-corrected chi connectivity index (χ3v) is 3.09. The van der Waals surface area contributed by atoms with E-state index in [9.17, 15) is 9.59 Å². The molecule has 1 amide bonds. The van der Waals surface area contributed by atoms with Crippen LogP contribution in [0.5, 0.6) is 0 Å². The highest BCUT2D eigenvalue weighted by atomic mass is 79.9. The van der Waals surface area contributed by atoms with E-state index in [1.807, 2.05) is 20.8 Å². The van der Waals surface area contributed by atoms with Gasteiger partial charge in [-0.15, -0.1) is 0 Å². The van der Waals surface area contributed by atoms with Gasteiger partial charge in [-0.1, -0.05) is 36.7 Å². The molecule has 0 spiro atoms. The zero-order valence-electron chi connectivity index (χ0n) is 11.0. The number of hydrogen-bond donors (Lipinski definition) is 3. The fourth-order valence-electron chi connectivity index (χ4n) is 1.40. The molecule has 0 aliphatic carbocycles. The summed E-state index contributed by atoms with van der Waals surface area (Å²) in [6.45, 7) is 5.59. The molecule has 104 valence electrons. The summed E-state index contributed by atoms with van der Waals surface area (Å²) in [6.07, 6.45) is 0. The molecule has 0 aliphatic rings. The van der Waals surface area contributed by atoms with Crippen molar-refractivity contribution in [2.45, 2.75) is 26.8 Å². The minimum atomic E-state index is -1.06. The van der Waals surface area contributed by atoms with Crippen LogP contribution in [-0.4, -0.2) is 23.0 Å². The second-order valence-corrected chi connectivity index (χ2v) is 6.28. The lowest BCUT2D eigenvalue weighted by Crippen LogP contribution is -2.45. The van der Waals surface area contributed by atoms with Crippen LogP contribution in [-0.2, 0) is 4.79 Å². The number of aromatic carboxylic acids is 1. The van der Waals surface area contributed by atoms with Crippen LogP contribution in [0.1, 0.15) is 31.1 Å². The van der Waals surface area contributed by atoms with Crippen LogP contribution in [0.15, 0.2) is 22.7 Å². The molecule has 6 heteroatoms. The lowest BCUT2D eigenvalue weighted by Gasteiger charge is -2.25. The molecule has 19 heavy (non-hydrogen) atoms. The number of anilines is 1. The van der Waals surface area contributed by atoms with Gasteiger partial charge in [0.1, 0.15) is 0 Å². The minimum absolute atomic E-state index is 0.0917. The Labute approximate surface area is 120 Å². The van der Waals surface area contributed by atoms with Crippen molar-refractivity contribution >= 4 is 33.5 Å². The Morgan fingerprint density at radius 2 is 1.89 bits per heavy atom. The molecule has 5 nitrogen and oxygen atoms in total. The van der Waals surface area contributed by atoms with Crippen molar-refractivity contribution < 1.29 is 14.7 Å². The fourth-order valence-corrected chi connectivity index (χ4v) is 1.89. The van der Waals surface area contributed by atoms with Gasteiger partial charge in [0.25, 0.3) is 0 Å². The van der Waals surface area contributed by atoms with Crippen molar-refractivity contribution in [3.05, 3.63) is 28.2 Å². The molecular formula is C13H17BrN2O3. The summed E-state index contributed by atoms with van der Waals surface area (Å²) in [5.74, 6) is -1.40. The molecular weight excluding hydrogens is 312 g/mol. The molecule has 0 bridgehead atoms. The summed E-state index contributed by atoms with van der Waals surface area (Å²) < 4.78 is 0.576. The third kappa shape index (κ3) is 4.33. The number of hydrogen-bond acceptors (Lipinski definition) is 3. The quantitative estimate of drug-likeness (QED) is 0.794. The number of carboxylic acids is 1. The van der Waals surface area contributed by atoms with Crippen molar-refractivity contribution in [3.63, 3.8) is 0 Å². The van der Waals surface area contributed by atoms with E-state index in [0.717, 1.165) is 0 Å². The molecule has 0 unspecified atom stereocenters. The number of benzene rings is 1. The van der Waals surface area contributed by atoms with E-state index in [1.54, 1.807) is 6.07 Å². The maximum Gasteiger partial charge on any atom is 0.335 e. The van der Waals surface area contributed by atoms with Crippen LogP contribution in [0.3, 0.4) is 0 Å². The maximum atomic E-state index is 12.0. The molecule has 1 aromatic carbocycles. The van der Waals surface area contributed by atoms with E-state index in [2.05, 4.69) is 21.2 Å². The molecule has 0 saturated heterocycles. The minimum Gasteiger partial charge on any atom is -0.478 e. The number of carboxylic acid groups (broad SMARTS) is 1. The highest BCUT2D eigenvalue weighted by Gasteiger charge is 2.27. The van der Waals surface area contributed by atoms with E-state index in [-0.39, 0.29) is 16.9 Å². The lowest BCUT2D eigenvalue weighted by atomic mass is 9.87. The largest absolute Gasteiger partial charge is 0.478 e. The van der Waals surface area contributed by atoms with Crippen LogP contribution in [0.25, 0.3) is 0 Å². The van der Waals surface area contributed by atoms with E-state index in [4.69, 9.17) is 10.8 Å². The van der Waals surface area contributed by atoms with Crippen LogP contribution < -0.4 is 11.1 Å². The van der Waals surface area contributed by atoms with Gasteiger partial charge in [0.15, 0.2) is 0 Å². The summed E-state index contributed by atoms with van der Waals surface area (Å²) >= 11 is 3.20. The van der Waals surface area contributed by atoms with Gasteiger partial charge < -0.3 is 16.2 Å². The second kappa shape index (κ2) is 5.71. The number of carbonyl (C=O) groups excluding carboxylic acids is 1. The Morgan fingerprint density at radius 1 is 1.32 bits per heavy atom. The molecule has 0 radical (unpaired) electrons. The fraction of sp³-hybridized carbons (Fsp3) is 0.385. The standard InChI is InChI=1S/C13H17BrN2O3/c1-13(2,3)10(15)11(17)16-9-5-7(12(18)19)4-8(14)6-9/h4-6,10H,15H2,1-3H3,(H,16,17)(H,18,19)/t10-/m0/s1. The predicted molar refractivity (Wildman–Crippen MR) is 77.2 cm³/mol. The van der Waals surface area contributed by atoms with Crippen molar-refractivity contribution in [2.24, 2.45) is 11.1 Å². The maximum absolute atomic E-state index is 12.0. The van der Waals surface area contributed by atoms with Gasteiger partial charge >= 0.3 is 5.97 Å². The van der Waals surface area contributed by atoms with E-state index in [0.29, 0.717) is 10.2 Å². The highest BCUT2D eigenvalue weighted by Crippen LogP contribution is 2.22. The van der Waals surface area contributed by atoms with Gasteiger partial charge in [0.2, 0.25) is 5.91 Å². The lowest BCUT2D eigenvalue weighted by molar-refractivity contribution is -0.119. The summed E-state index contributed by atoms with van der Waals surface area (Å²) in [5, 5.41) is 11.6. The number of rotatable bonds is 3. The summed E-state index contributed by atoms with van der Waals surface area (Å²) in [5.41, 5.74) is 5.96. The topological polar surface area (TPSA) is 92.4 Å². The molecule has 1 atom stereocenters. The molecule has 0 heterocycles. The van der Waals surface area contributed by atoms with E-state index >= 15 is 0 Å². The van der Waals surface area contributed by atoms with Gasteiger partial charge in [-0.05, 0) is 23.6 Å². The first-order valence-electron chi connectivity index (χ1n) is 5.71. The van der Waals surface area contributed by atoms with Crippen LogP contribution in [0, 0.1) is 5.41 Å². The van der Waals surface area contributed by atoms with Gasteiger partial charge in [-0.25, -0.2) is 4.79 Å². The van der Waals surface area contributed by atoms with E-state index in [1.165, 1.54) is 12.1 Å². The monoisotopic (exact) mass is 328 g/mol. The van der Waals surface area contributed by atoms with Crippen LogP contribution in [0.2, 0.25) is 0 Å². The zero-order valence-corrected chi connectivity index (χ0v) is 12.6. The Morgan fingerprint density at radius 3 is 2.37 bits per heavy atom. The zero-order chi connectivity index (χ0) is 14.8. The normalized spacial score (nSPS) is 12.9. The molecule has 0 saturated carbocycles. The number of nitrogens with two attached hydrogens (primary N) is 1. The Hall–Kier alpha value is -1.40. The van der Waals surface area contributed by atoms with E-state index < -0.39 is 12.0 Å². The molecule has 1 aromatic rings. The van der Waals surface area contributed by atoms with Crippen molar-refractivity contribution in [3.8, 4) is 0 Å². The van der Waals surface area contributed by atoms with Gasteiger partial charge in [-0.2, -0.15) is 0 Å². The highest BCUT2D eigenvalue weighted by molar-refractivity contribution is 9.10. The SMILES string of the molecule is CC(C)(C)[C@@H](N)C(=O)Nc1cc(Br)cc(C(=O)O)c1. The molecule has 0 fully saturated rings. The Balaban J connectivity index is 2.94. The first-order chi connectivity index (χ1) is 8.61.